The number of hydrogen-bond acceptors (Lipinski definition) is 2. The Morgan fingerprint density at radius 3 is 1.52 bits per heavy atom. The molecule has 4 saturated carbocycles. The van der Waals surface area contributed by atoms with E-state index in [-0.39, 0.29) is 37.0 Å². The zero-order valence-corrected chi connectivity index (χ0v) is 15.3. The molecule has 0 aromatic carbocycles. The third kappa shape index (κ3) is 3.72. The third-order valence-corrected chi connectivity index (χ3v) is 6.58. The first-order valence-corrected chi connectivity index (χ1v) is 9.27. The van der Waals surface area contributed by atoms with Gasteiger partial charge in [0.2, 0.25) is 0 Å². The van der Waals surface area contributed by atoms with Crippen LogP contribution >= 0.6 is 0 Å². The summed E-state index contributed by atoms with van der Waals surface area (Å²) in [6.07, 6.45) is -15.5. The Labute approximate surface area is 161 Å². The third-order valence-electron chi connectivity index (χ3n) is 6.58. The molecule has 0 N–H and O–H groups in total. The zero-order valence-electron chi connectivity index (χ0n) is 15.3. The van der Waals surface area contributed by atoms with Crippen molar-refractivity contribution in [2.75, 3.05) is 13.2 Å². The van der Waals surface area contributed by atoms with Gasteiger partial charge in [0.15, 0.2) is 5.76 Å². The SMILES string of the molecule is C=C(OCCOC(C(F)(F)F)(C(F)(F)F)C12CC3CC(CC(C3)C1)C2)C(F)(F)F. The van der Waals surface area contributed by atoms with Crippen LogP contribution in [-0.4, -0.2) is 37.3 Å². The predicted molar refractivity (Wildman–Crippen MR) is 82.5 cm³/mol. The van der Waals surface area contributed by atoms with Crippen LogP contribution in [0.2, 0.25) is 0 Å². The first-order valence-electron chi connectivity index (χ1n) is 9.27. The highest BCUT2D eigenvalue weighted by atomic mass is 19.4. The van der Waals surface area contributed by atoms with Gasteiger partial charge in [-0.15, -0.1) is 0 Å². The first-order chi connectivity index (χ1) is 13.1. The molecule has 4 rings (SSSR count). The Morgan fingerprint density at radius 2 is 1.17 bits per heavy atom. The maximum absolute atomic E-state index is 14.1. The van der Waals surface area contributed by atoms with Gasteiger partial charge in [0.25, 0.3) is 5.60 Å². The van der Waals surface area contributed by atoms with Gasteiger partial charge in [-0.25, -0.2) is 0 Å². The normalized spacial score (nSPS) is 32.5. The minimum Gasteiger partial charge on any atom is -0.487 e. The van der Waals surface area contributed by atoms with Crippen molar-refractivity contribution in [1.29, 1.82) is 0 Å². The second-order valence-electron chi connectivity index (χ2n) is 8.49. The summed E-state index contributed by atoms with van der Waals surface area (Å²) in [7, 11) is 0. The fraction of sp³-hybridized carbons (Fsp3) is 0.889. The van der Waals surface area contributed by atoms with Gasteiger partial charge in [0.1, 0.15) is 6.61 Å². The van der Waals surface area contributed by atoms with Crippen molar-refractivity contribution in [1.82, 2.24) is 0 Å². The standard InChI is InChI=1S/C18H21F9O2/c1-10(15(19,20)21)28-2-3-29-16(17(22,23)24,18(25,26)27)14-7-11-4-12(8-14)6-13(5-11)9-14/h11-13H,1-9H2. The molecule has 0 spiro atoms. The first kappa shape index (κ1) is 22.6. The molecule has 0 heterocycles. The molecule has 0 radical (unpaired) electrons. The number of hydrogen-bond donors (Lipinski definition) is 0. The summed E-state index contributed by atoms with van der Waals surface area (Å²) in [4.78, 5) is 0. The molecule has 0 unspecified atom stereocenters. The Kier molecular flexibility index (Phi) is 5.40. The van der Waals surface area contributed by atoms with E-state index in [1.54, 1.807) is 0 Å². The number of halogens is 9. The molecular weight excluding hydrogens is 419 g/mol. The van der Waals surface area contributed by atoms with Crippen LogP contribution in [0.25, 0.3) is 0 Å². The van der Waals surface area contributed by atoms with Gasteiger partial charge in [0, 0.05) is 5.41 Å². The molecule has 4 fully saturated rings. The van der Waals surface area contributed by atoms with Gasteiger partial charge in [-0.2, -0.15) is 39.5 Å². The van der Waals surface area contributed by atoms with E-state index in [1.165, 1.54) is 0 Å². The van der Waals surface area contributed by atoms with E-state index in [2.05, 4.69) is 16.1 Å². The molecule has 11 heteroatoms. The van der Waals surface area contributed by atoms with Crippen LogP contribution in [0.1, 0.15) is 38.5 Å². The van der Waals surface area contributed by atoms with Gasteiger partial charge in [0.05, 0.1) is 6.61 Å². The summed E-state index contributed by atoms with van der Waals surface area (Å²) < 4.78 is 130. The number of ether oxygens (including phenoxy) is 2. The fourth-order valence-corrected chi connectivity index (χ4v) is 6.06. The highest BCUT2D eigenvalue weighted by Gasteiger charge is 2.82. The largest absolute Gasteiger partial charge is 0.487 e. The molecule has 0 aromatic heterocycles. The van der Waals surface area contributed by atoms with Gasteiger partial charge < -0.3 is 9.47 Å². The molecule has 0 atom stereocenters. The van der Waals surface area contributed by atoms with Crippen LogP contribution in [0.5, 0.6) is 0 Å². The summed E-state index contributed by atoms with van der Waals surface area (Å²) in [5.41, 5.74) is -6.61. The molecule has 0 aliphatic heterocycles. The average Bonchev–Trinajstić information content (AvgIpc) is 2.49. The van der Waals surface area contributed by atoms with E-state index in [1.807, 2.05) is 0 Å². The topological polar surface area (TPSA) is 18.5 Å². The Bertz CT molecular complexity index is 583. The van der Waals surface area contributed by atoms with E-state index in [4.69, 9.17) is 0 Å². The van der Waals surface area contributed by atoms with Crippen molar-refractivity contribution in [2.45, 2.75) is 62.7 Å². The zero-order chi connectivity index (χ0) is 21.9. The Balaban J connectivity index is 1.88. The second kappa shape index (κ2) is 6.95. The monoisotopic (exact) mass is 440 g/mol. The van der Waals surface area contributed by atoms with Crippen molar-refractivity contribution in [3.05, 3.63) is 12.3 Å². The molecule has 29 heavy (non-hydrogen) atoms. The Morgan fingerprint density at radius 1 is 0.759 bits per heavy atom. The molecule has 168 valence electrons. The van der Waals surface area contributed by atoms with Crippen LogP contribution in [0, 0.1) is 23.2 Å². The quantitative estimate of drug-likeness (QED) is 0.279. The molecule has 4 bridgehead atoms. The smallest absolute Gasteiger partial charge is 0.448 e. The summed E-state index contributed by atoms with van der Waals surface area (Å²) in [6, 6.07) is 0. The number of allylic oxidation sites excluding steroid dienone is 1. The molecule has 0 amide bonds. The predicted octanol–water partition coefficient (Wildman–Crippen LogP) is 6.18. The van der Waals surface area contributed by atoms with Crippen molar-refractivity contribution >= 4 is 0 Å². The highest BCUT2D eigenvalue weighted by Crippen LogP contribution is 2.70. The average molecular weight is 440 g/mol. The van der Waals surface area contributed by atoms with E-state index in [0.29, 0.717) is 19.3 Å². The summed E-state index contributed by atoms with van der Waals surface area (Å²) in [5, 5.41) is 0. The summed E-state index contributed by atoms with van der Waals surface area (Å²) >= 11 is 0. The van der Waals surface area contributed by atoms with E-state index in [9.17, 15) is 39.5 Å². The molecule has 4 aliphatic rings. The lowest BCUT2D eigenvalue weighted by Crippen LogP contribution is -2.72. The molecule has 0 aromatic rings. The Hall–Kier alpha value is -1.13. The lowest BCUT2D eigenvalue weighted by molar-refractivity contribution is -0.429. The van der Waals surface area contributed by atoms with Gasteiger partial charge in [-0.3, -0.25) is 0 Å². The van der Waals surface area contributed by atoms with Crippen molar-refractivity contribution in [3.8, 4) is 0 Å². The number of alkyl halides is 9. The minimum atomic E-state index is -5.78. The van der Waals surface area contributed by atoms with Crippen molar-refractivity contribution in [2.24, 2.45) is 23.2 Å². The molecule has 2 nitrogen and oxygen atoms in total. The maximum atomic E-state index is 14.1. The second-order valence-corrected chi connectivity index (χ2v) is 8.49. The van der Waals surface area contributed by atoms with E-state index >= 15 is 0 Å². The van der Waals surface area contributed by atoms with E-state index in [0.717, 1.165) is 0 Å². The fourth-order valence-electron chi connectivity index (χ4n) is 6.06. The van der Waals surface area contributed by atoms with E-state index < -0.39 is 48.5 Å². The number of rotatable bonds is 6. The van der Waals surface area contributed by atoms with Gasteiger partial charge >= 0.3 is 18.5 Å². The van der Waals surface area contributed by atoms with Crippen molar-refractivity contribution in [3.63, 3.8) is 0 Å². The lowest BCUT2D eigenvalue weighted by Gasteiger charge is -2.63. The minimum absolute atomic E-state index is 0.227. The van der Waals surface area contributed by atoms with Gasteiger partial charge in [-0.1, -0.05) is 6.58 Å². The molecule has 4 aliphatic carbocycles. The lowest BCUT2D eigenvalue weighted by atomic mass is 9.45. The maximum Gasteiger partial charge on any atom is 0.448 e. The summed E-state index contributed by atoms with van der Waals surface area (Å²) in [6.45, 7) is 0.143. The van der Waals surface area contributed by atoms with Crippen LogP contribution < -0.4 is 0 Å². The van der Waals surface area contributed by atoms with Crippen molar-refractivity contribution < 1.29 is 49.0 Å². The molecule has 0 saturated heterocycles. The van der Waals surface area contributed by atoms with Crippen LogP contribution in [0.4, 0.5) is 39.5 Å². The van der Waals surface area contributed by atoms with Crippen LogP contribution in [-0.2, 0) is 9.47 Å². The summed E-state index contributed by atoms with van der Waals surface area (Å²) in [5.74, 6) is -2.39. The molecular formula is C18H21F9O2. The van der Waals surface area contributed by atoms with Crippen LogP contribution in [0.15, 0.2) is 12.3 Å². The van der Waals surface area contributed by atoms with Gasteiger partial charge in [-0.05, 0) is 56.3 Å². The van der Waals surface area contributed by atoms with Crippen LogP contribution in [0.3, 0.4) is 0 Å². The highest BCUT2D eigenvalue weighted by molar-refractivity contribution is 5.16.